The summed E-state index contributed by atoms with van der Waals surface area (Å²) in [5.74, 6) is -5.15. The average Bonchev–Trinajstić information content (AvgIpc) is 2.30. The zero-order valence-electron chi connectivity index (χ0n) is 10.1. The van der Waals surface area contributed by atoms with Gasteiger partial charge in [-0.15, -0.1) is 0 Å². The Morgan fingerprint density at radius 1 is 1.20 bits per heavy atom. The van der Waals surface area contributed by atoms with E-state index in [1.165, 1.54) is 0 Å². The summed E-state index contributed by atoms with van der Waals surface area (Å²) < 4.78 is 39.4. The van der Waals surface area contributed by atoms with E-state index in [9.17, 15) is 13.2 Å². The molecule has 0 amide bonds. The summed E-state index contributed by atoms with van der Waals surface area (Å²) in [7, 11) is 0. The van der Waals surface area contributed by atoms with Gasteiger partial charge in [-0.3, -0.25) is 0 Å². The summed E-state index contributed by atoms with van der Waals surface area (Å²) in [5, 5.41) is 17.7. The van der Waals surface area contributed by atoms with Crippen LogP contribution in [0.1, 0.15) is 11.7 Å². The molecule has 1 saturated heterocycles. The molecule has 1 aliphatic rings. The molecule has 1 unspecified atom stereocenters. The maximum atomic E-state index is 13.6. The highest BCUT2D eigenvalue weighted by Gasteiger charge is 2.30. The molecule has 0 saturated carbocycles. The lowest BCUT2D eigenvalue weighted by Crippen LogP contribution is -2.44. The molecule has 1 aromatic carbocycles. The normalized spacial score (nSPS) is 15.6. The van der Waals surface area contributed by atoms with Crippen molar-refractivity contribution in [2.24, 2.45) is 5.92 Å². The monoisotopic (exact) mass is 291 g/mol. The summed E-state index contributed by atoms with van der Waals surface area (Å²) in [5.41, 5.74) is -0.170. The van der Waals surface area contributed by atoms with E-state index in [4.69, 9.17) is 19.8 Å². The molecular weight excluding hydrogens is 279 g/mol. The molecule has 1 aromatic rings. The van der Waals surface area contributed by atoms with E-state index in [-0.39, 0.29) is 11.5 Å². The van der Waals surface area contributed by atoms with Crippen LogP contribution in [-0.2, 0) is 9.59 Å². The highest BCUT2D eigenvalue weighted by Crippen LogP contribution is 2.30. The van der Waals surface area contributed by atoms with Gasteiger partial charge in [0.25, 0.3) is 0 Å². The van der Waals surface area contributed by atoms with Crippen LogP contribution in [-0.4, -0.2) is 35.2 Å². The number of carbonyl (C=O) groups is 2. The van der Waals surface area contributed by atoms with E-state index in [2.05, 4.69) is 5.32 Å². The highest BCUT2D eigenvalue weighted by atomic mass is 19.1. The van der Waals surface area contributed by atoms with Gasteiger partial charge in [-0.25, -0.2) is 22.8 Å². The van der Waals surface area contributed by atoms with Gasteiger partial charge in [0.1, 0.15) is 17.8 Å². The predicted octanol–water partition coefficient (Wildman–Crippen LogP) is 1.35. The lowest BCUT2D eigenvalue weighted by Gasteiger charge is -2.30. The number of aliphatic carboxylic acids is 2. The fourth-order valence-corrected chi connectivity index (χ4v) is 1.50. The van der Waals surface area contributed by atoms with Crippen molar-refractivity contribution >= 4 is 11.9 Å². The number of hydrogen-bond donors (Lipinski definition) is 3. The van der Waals surface area contributed by atoms with Gasteiger partial charge in [-0.2, -0.15) is 0 Å². The Bertz CT molecular complexity index is 493. The molecule has 20 heavy (non-hydrogen) atoms. The molecule has 0 spiro atoms. The Hall–Kier alpha value is -2.09. The SMILES string of the molecule is Fc1ccc(F)c(C(F)C2CNC2)c1.O=C(O)C(=O)O. The lowest BCUT2D eigenvalue weighted by molar-refractivity contribution is -0.159. The van der Waals surface area contributed by atoms with E-state index in [0.717, 1.165) is 18.2 Å². The molecule has 1 aliphatic heterocycles. The van der Waals surface area contributed by atoms with Gasteiger partial charge in [0, 0.05) is 24.6 Å². The number of alkyl halides is 1. The van der Waals surface area contributed by atoms with E-state index in [1.54, 1.807) is 0 Å². The number of hydrogen-bond acceptors (Lipinski definition) is 3. The van der Waals surface area contributed by atoms with Crippen LogP contribution < -0.4 is 5.32 Å². The zero-order chi connectivity index (χ0) is 15.3. The molecule has 110 valence electrons. The third kappa shape index (κ3) is 4.23. The molecule has 1 atom stereocenters. The van der Waals surface area contributed by atoms with Crippen molar-refractivity contribution in [3.05, 3.63) is 35.4 Å². The molecule has 0 radical (unpaired) electrons. The molecular formula is C12H12F3NO4. The van der Waals surface area contributed by atoms with Gasteiger partial charge >= 0.3 is 11.9 Å². The minimum atomic E-state index is -1.82. The third-order valence-electron chi connectivity index (χ3n) is 2.67. The van der Waals surface area contributed by atoms with Crippen molar-refractivity contribution in [1.29, 1.82) is 0 Å². The number of halogens is 3. The van der Waals surface area contributed by atoms with Crippen molar-refractivity contribution in [3.8, 4) is 0 Å². The first-order chi connectivity index (χ1) is 9.32. The Morgan fingerprint density at radius 2 is 1.75 bits per heavy atom. The first-order valence-electron chi connectivity index (χ1n) is 5.59. The minimum Gasteiger partial charge on any atom is -0.473 e. The van der Waals surface area contributed by atoms with Crippen LogP contribution in [0.25, 0.3) is 0 Å². The van der Waals surface area contributed by atoms with Gasteiger partial charge < -0.3 is 15.5 Å². The second kappa shape index (κ2) is 6.90. The van der Waals surface area contributed by atoms with Crippen molar-refractivity contribution in [2.75, 3.05) is 13.1 Å². The van der Waals surface area contributed by atoms with Gasteiger partial charge in [0.2, 0.25) is 0 Å². The summed E-state index contributed by atoms with van der Waals surface area (Å²) >= 11 is 0. The van der Waals surface area contributed by atoms with Gasteiger partial charge in [0.05, 0.1) is 0 Å². The Balaban J connectivity index is 0.000000286. The quantitative estimate of drug-likeness (QED) is 0.716. The van der Waals surface area contributed by atoms with Crippen molar-refractivity contribution < 1.29 is 33.0 Å². The zero-order valence-corrected chi connectivity index (χ0v) is 10.1. The third-order valence-corrected chi connectivity index (χ3v) is 2.67. The maximum absolute atomic E-state index is 13.6. The van der Waals surface area contributed by atoms with Crippen LogP contribution in [0.5, 0.6) is 0 Å². The van der Waals surface area contributed by atoms with E-state index >= 15 is 0 Å². The summed E-state index contributed by atoms with van der Waals surface area (Å²) in [6, 6.07) is 2.88. The number of carboxylic acid groups (broad SMARTS) is 2. The Labute approximate surface area is 112 Å². The van der Waals surface area contributed by atoms with Crippen LogP contribution >= 0.6 is 0 Å². The van der Waals surface area contributed by atoms with Crippen LogP contribution in [0.2, 0.25) is 0 Å². The Kier molecular flexibility index (Phi) is 5.51. The molecule has 1 fully saturated rings. The Morgan fingerprint density at radius 3 is 2.15 bits per heavy atom. The lowest BCUT2D eigenvalue weighted by atomic mass is 9.92. The summed E-state index contributed by atoms with van der Waals surface area (Å²) in [6.45, 7) is 1.05. The fourth-order valence-electron chi connectivity index (χ4n) is 1.50. The largest absolute Gasteiger partial charge is 0.473 e. The van der Waals surface area contributed by atoms with Crippen LogP contribution in [0.15, 0.2) is 18.2 Å². The number of nitrogens with one attached hydrogen (secondary N) is 1. The number of carboxylic acids is 2. The van der Waals surface area contributed by atoms with Crippen LogP contribution in [0, 0.1) is 17.6 Å². The molecule has 1 heterocycles. The molecule has 0 aromatic heterocycles. The first-order valence-corrected chi connectivity index (χ1v) is 5.59. The van der Waals surface area contributed by atoms with Crippen molar-refractivity contribution in [3.63, 3.8) is 0 Å². The molecule has 0 bridgehead atoms. The van der Waals surface area contributed by atoms with Crippen LogP contribution in [0.3, 0.4) is 0 Å². The minimum absolute atomic E-state index is 0.170. The van der Waals surface area contributed by atoms with Gasteiger partial charge in [-0.05, 0) is 18.2 Å². The molecule has 8 heteroatoms. The summed E-state index contributed by atoms with van der Waals surface area (Å²) in [4.78, 5) is 18.2. The average molecular weight is 291 g/mol. The highest BCUT2D eigenvalue weighted by molar-refractivity contribution is 6.27. The number of rotatable bonds is 2. The van der Waals surface area contributed by atoms with E-state index in [0.29, 0.717) is 13.1 Å². The molecule has 3 N–H and O–H groups in total. The molecule has 0 aliphatic carbocycles. The van der Waals surface area contributed by atoms with E-state index in [1.807, 2.05) is 0 Å². The van der Waals surface area contributed by atoms with Crippen molar-refractivity contribution in [2.45, 2.75) is 6.17 Å². The van der Waals surface area contributed by atoms with Crippen LogP contribution in [0.4, 0.5) is 13.2 Å². The topological polar surface area (TPSA) is 86.6 Å². The molecule has 5 nitrogen and oxygen atoms in total. The van der Waals surface area contributed by atoms with Gasteiger partial charge in [0.15, 0.2) is 0 Å². The molecule has 2 rings (SSSR count). The first kappa shape index (κ1) is 16.0. The second-order valence-electron chi connectivity index (χ2n) is 4.10. The number of benzene rings is 1. The smallest absolute Gasteiger partial charge is 0.414 e. The summed E-state index contributed by atoms with van der Waals surface area (Å²) in [6.07, 6.45) is -1.41. The predicted molar refractivity (Wildman–Crippen MR) is 61.8 cm³/mol. The maximum Gasteiger partial charge on any atom is 0.414 e. The fraction of sp³-hybridized carbons (Fsp3) is 0.333. The van der Waals surface area contributed by atoms with Crippen molar-refractivity contribution in [1.82, 2.24) is 5.32 Å². The van der Waals surface area contributed by atoms with Gasteiger partial charge in [-0.1, -0.05) is 0 Å². The standard InChI is InChI=1S/C10H10F3N.C2H2O4/c11-7-1-2-9(12)8(3-7)10(13)6-4-14-5-6;3-1(4)2(5)6/h1-3,6,10,14H,4-5H2;(H,3,4)(H,5,6). The second-order valence-corrected chi connectivity index (χ2v) is 4.10. The van der Waals surface area contributed by atoms with E-state index < -0.39 is 29.7 Å².